The first-order valence-corrected chi connectivity index (χ1v) is 3.31. The molecule has 1 radical (unpaired) electrons. The van der Waals surface area contributed by atoms with Gasteiger partial charge in [0.15, 0.2) is 0 Å². The van der Waals surface area contributed by atoms with Crippen LogP contribution in [-0.2, 0) is 32.7 Å². The molecule has 10 heavy (non-hydrogen) atoms. The van der Waals surface area contributed by atoms with E-state index in [1.807, 2.05) is 0 Å². The molecule has 2 fully saturated rings. The average molecular weight is 215 g/mol. The summed E-state index contributed by atoms with van der Waals surface area (Å²) in [7, 11) is 0. The molecule has 0 aromatic carbocycles. The van der Waals surface area contributed by atoms with E-state index in [1.165, 1.54) is 13.1 Å². The van der Waals surface area contributed by atoms with Gasteiger partial charge in [0.1, 0.15) is 0 Å². The van der Waals surface area contributed by atoms with Crippen LogP contribution in [-0.4, -0.2) is 26.2 Å². The summed E-state index contributed by atoms with van der Waals surface area (Å²) in [5.41, 5.74) is 0. The fourth-order valence-electron chi connectivity index (χ4n) is 1.62. The van der Waals surface area contributed by atoms with Crippen molar-refractivity contribution in [1.82, 2.24) is 5.32 Å². The van der Waals surface area contributed by atoms with Gasteiger partial charge in [-0.15, -0.1) is 13.1 Å². The number of rotatable bonds is 0. The van der Waals surface area contributed by atoms with Crippen LogP contribution < -0.4 is 5.32 Å². The zero-order chi connectivity index (χ0) is 5.40. The molecule has 0 saturated carbocycles. The summed E-state index contributed by atoms with van der Waals surface area (Å²) in [6.07, 6.45) is 0. The molecular formula is C7H14N2Y-2. The molecule has 57 valence electrons. The van der Waals surface area contributed by atoms with Crippen molar-refractivity contribution in [3.63, 3.8) is 0 Å². The van der Waals surface area contributed by atoms with Gasteiger partial charge in [-0.1, -0.05) is 0 Å². The second-order valence-electron chi connectivity index (χ2n) is 2.77. The Morgan fingerprint density at radius 3 is 2.10 bits per heavy atom. The van der Waals surface area contributed by atoms with Crippen LogP contribution in [0, 0.1) is 19.3 Å². The third-order valence-electron chi connectivity index (χ3n) is 2.21. The number of nitrogens with zero attached hydrogens (tertiary/aromatic N) is 1. The predicted molar refractivity (Wildman–Crippen MR) is 39.4 cm³/mol. The van der Waals surface area contributed by atoms with E-state index in [0.717, 1.165) is 24.9 Å². The maximum atomic E-state index is 4.33. The Kier molecular flexibility index (Phi) is 5.30. The molecule has 0 aliphatic carbocycles. The summed E-state index contributed by atoms with van der Waals surface area (Å²) < 4.78 is 0. The van der Waals surface area contributed by atoms with Crippen molar-refractivity contribution in [2.45, 2.75) is 0 Å². The number of nitrogens with one attached hydrogen (secondary N) is 1. The first-order chi connectivity index (χ1) is 3.97. The summed E-state index contributed by atoms with van der Waals surface area (Å²) in [4.78, 5) is 0. The third-order valence-corrected chi connectivity index (χ3v) is 2.21. The van der Waals surface area contributed by atoms with Crippen molar-refractivity contribution in [3.8, 4) is 0 Å². The van der Waals surface area contributed by atoms with E-state index in [2.05, 4.69) is 10.6 Å². The molecule has 1 N–H and O–H groups in total. The van der Waals surface area contributed by atoms with E-state index in [9.17, 15) is 0 Å². The van der Waals surface area contributed by atoms with Crippen LogP contribution in [0.2, 0.25) is 0 Å². The SMILES string of the molecule is C1[N-]C[C@H]2CNC[C@@H]12.[CH3-].[Y]. The summed E-state index contributed by atoms with van der Waals surface area (Å²) >= 11 is 0. The van der Waals surface area contributed by atoms with E-state index in [4.69, 9.17) is 0 Å². The van der Waals surface area contributed by atoms with Crippen molar-refractivity contribution in [1.29, 1.82) is 0 Å². The van der Waals surface area contributed by atoms with Gasteiger partial charge in [0.05, 0.1) is 0 Å². The molecule has 3 heteroatoms. The molecule has 2 rings (SSSR count). The van der Waals surface area contributed by atoms with Gasteiger partial charge in [0.25, 0.3) is 0 Å². The normalized spacial score (nSPS) is 36.0. The van der Waals surface area contributed by atoms with Crippen LogP contribution in [0.1, 0.15) is 0 Å². The molecule has 2 heterocycles. The van der Waals surface area contributed by atoms with Crippen molar-refractivity contribution < 1.29 is 32.7 Å². The van der Waals surface area contributed by atoms with Crippen LogP contribution >= 0.6 is 0 Å². The molecule has 0 amide bonds. The summed E-state index contributed by atoms with van der Waals surface area (Å²) in [5, 5.41) is 7.69. The monoisotopic (exact) mass is 215 g/mol. The summed E-state index contributed by atoms with van der Waals surface area (Å²) in [5.74, 6) is 1.80. The molecule has 2 aliphatic rings. The summed E-state index contributed by atoms with van der Waals surface area (Å²) in [6, 6.07) is 0. The Morgan fingerprint density at radius 1 is 1.10 bits per heavy atom. The Balaban J connectivity index is 0.000000405. The molecule has 0 bridgehead atoms. The largest absolute Gasteiger partial charge is 0.662 e. The smallest absolute Gasteiger partial charge is 0 e. The van der Waals surface area contributed by atoms with Crippen LogP contribution in [0.25, 0.3) is 5.32 Å². The fourth-order valence-corrected chi connectivity index (χ4v) is 1.62. The second-order valence-corrected chi connectivity index (χ2v) is 2.77. The van der Waals surface area contributed by atoms with E-state index in [1.54, 1.807) is 0 Å². The minimum Gasteiger partial charge on any atom is -0.662 e. The van der Waals surface area contributed by atoms with E-state index in [0.29, 0.717) is 0 Å². The van der Waals surface area contributed by atoms with Crippen LogP contribution in [0.3, 0.4) is 0 Å². The minimum absolute atomic E-state index is 0. The maximum absolute atomic E-state index is 4.33. The Hall–Kier alpha value is 1.02. The molecule has 2 nitrogen and oxygen atoms in total. The maximum Gasteiger partial charge on any atom is 0 e. The quantitative estimate of drug-likeness (QED) is 0.590. The van der Waals surface area contributed by atoms with Gasteiger partial charge < -0.3 is 18.1 Å². The van der Waals surface area contributed by atoms with Crippen LogP contribution in [0.4, 0.5) is 0 Å². The van der Waals surface area contributed by atoms with Crippen molar-refractivity contribution in [2.24, 2.45) is 11.8 Å². The molecule has 0 aromatic rings. The van der Waals surface area contributed by atoms with Gasteiger partial charge in [-0.2, -0.15) is 0 Å². The standard InChI is InChI=1S/C6H11N2.CH3.Y/c1-5-2-8-4-6(5)3-7-1;;/h5-7H,1-4H2;1H3;/q2*-1;/t5-,6+;;. The first kappa shape index (κ1) is 11.0. The molecule has 0 unspecified atom stereocenters. The minimum atomic E-state index is 0. The van der Waals surface area contributed by atoms with Gasteiger partial charge in [-0.3, -0.25) is 0 Å². The molecular weight excluding hydrogens is 201 g/mol. The van der Waals surface area contributed by atoms with Gasteiger partial charge in [-0.25, -0.2) is 0 Å². The van der Waals surface area contributed by atoms with E-state index in [-0.39, 0.29) is 40.1 Å². The molecule has 0 spiro atoms. The van der Waals surface area contributed by atoms with Crippen LogP contribution in [0.15, 0.2) is 0 Å². The first-order valence-electron chi connectivity index (χ1n) is 3.31. The van der Waals surface area contributed by atoms with Gasteiger partial charge in [-0.05, 0) is 24.9 Å². The zero-order valence-electron chi connectivity index (χ0n) is 6.51. The third kappa shape index (κ3) is 2.00. The average Bonchev–Trinajstić information content (AvgIpc) is 2.15. The predicted octanol–water partition coefficient (Wildman–Crippen LogP) is 0.657. The molecule has 2 aliphatic heterocycles. The zero-order valence-corrected chi connectivity index (χ0v) is 9.35. The Morgan fingerprint density at radius 2 is 1.60 bits per heavy atom. The number of fused-ring (bicyclic) bond motifs is 1. The van der Waals surface area contributed by atoms with Crippen molar-refractivity contribution >= 4 is 0 Å². The Bertz CT molecular complexity index is 77.6. The molecule has 2 saturated heterocycles. The second kappa shape index (κ2) is 4.81. The Labute approximate surface area is 88.4 Å². The van der Waals surface area contributed by atoms with Gasteiger partial charge in [0, 0.05) is 32.7 Å². The fraction of sp³-hybridized carbons (Fsp3) is 0.857. The van der Waals surface area contributed by atoms with Crippen molar-refractivity contribution in [2.75, 3.05) is 26.2 Å². The van der Waals surface area contributed by atoms with Gasteiger partial charge >= 0.3 is 0 Å². The van der Waals surface area contributed by atoms with E-state index < -0.39 is 0 Å². The molecule has 0 aromatic heterocycles. The summed E-state index contributed by atoms with van der Waals surface area (Å²) in [6.45, 7) is 4.68. The van der Waals surface area contributed by atoms with E-state index >= 15 is 0 Å². The number of hydrogen-bond acceptors (Lipinski definition) is 1. The number of hydrogen-bond donors (Lipinski definition) is 1. The molecule has 2 atom stereocenters. The van der Waals surface area contributed by atoms with Crippen LogP contribution in [0.5, 0.6) is 0 Å². The van der Waals surface area contributed by atoms with Crippen molar-refractivity contribution in [3.05, 3.63) is 12.7 Å². The topological polar surface area (TPSA) is 26.1 Å². The van der Waals surface area contributed by atoms with Gasteiger partial charge in [0.2, 0.25) is 0 Å².